The fourth-order valence-corrected chi connectivity index (χ4v) is 3.88. The summed E-state index contributed by atoms with van der Waals surface area (Å²) in [5.74, 6) is 2.67. The third-order valence-corrected chi connectivity index (χ3v) is 5.64. The van der Waals surface area contributed by atoms with Gasteiger partial charge in [-0.3, -0.25) is 9.59 Å². The van der Waals surface area contributed by atoms with Gasteiger partial charge >= 0.3 is 0 Å². The first kappa shape index (κ1) is 24.5. The zero-order valence-electron chi connectivity index (χ0n) is 20.4. The maximum Gasteiger partial charge on any atom is 0.271 e. The lowest BCUT2D eigenvalue weighted by Gasteiger charge is -2.20. The predicted molar refractivity (Wildman–Crippen MR) is 138 cm³/mol. The van der Waals surface area contributed by atoms with Gasteiger partial charge in [0.1, 0.15) is 11.3 Å². The summed E-state index contributed by atoms with van der Waals surface area (Å²) in [6.07, 6.45) is 10.6. The fraction of sp³-hybridized carbons (Fsp3) is 0.250. The minimum Gasteiger partial charge on any atom is -0.455 e. The number of amides is 1. The van der Waals surface area contributed by atoms with Gasteiger partial charge in [0.25, 0.3) is 5.91 Å². The number of hydrogen-bond acceptors (Lipinski definition) is 5. The van der Waals surface area contributed by atoms with Crippen LogP contribution in [0, 0.1) is 33.1 Å². The van der Waals surface area contributed by atoms with E-state index in [0.717, 1.165) is 22.4 Å². The summed E-state index contributed by atoms with van der Waals surface area (Å²) in [4.78, 5) is 30.1. The van der Waals surface area contributed by atoms with Crippen molar-refractivity contribution in [1.82, 2.24) is 10.3 Å². The maximum atomic E-state index is 13.3. The van der Waals surface area contributed by atoms with Crippen molar-refractivity contribution in [3.63, 3.8) is 0 Å². The van der Waals surface area contributed by atoms with Gasteiger partial charge in [0, 0.05) is 29.4 Å². The van der Waals surface area contributed by atoms with Crippen LogP contribution in [0.15, 0.2) is 51.7 Å². The minimum atomic E-state index is -0.288. The molecule has 6 heteroatoms. The number of rotatable bonds is 6. The van der Waals surface area contributed by atoms with Crippen LogP contribution in [0.3, 0.4) is 0 Å². The summed E-state index contributed by atoms with van der Waals surface area (Å²) in [5, 5.41) is 6.52. The molecule has 0 fully saturated rings. The first-order valence-corrected chi connectivity index (χ1v) is 11.0. The van der Waals surface area contributed by atoms with Gasteiger partial charge in [-0.15, -0.1) is 6.42 Å². The molecule has 0 bridgehead atoms. The molecule has 1 unspecified atom stereocenters. The highest BCUT2D eigenvalue weighted by atomic mass is 16.3. The summed E-state index contributed by atoms with van der Waals surface area (Å²) >= 11 is 0. The second kappa shape index (κ2) is 10.2. The van der Waals surface area contributed by atoms with Crippen molar-refractivity contribution < 1.29 is 9.21 Å². The minimum absolute atomic E-state index is 0.0927. The first-order chi connectivity index (χ1) is 16.2. The molecule has 0 aliphatic rings. The molecule has 0 spiro atoms. The van der Waals surface area contributed by atoms with E-state index in [-0.39, 0.29) is 17.4 Å². The molecule has 0 aliphatic carbocycles. The smallest absolute Gasteiger partial charge is 0.271 e. The molecule has 2 aromatic heterocycles. The van der Waals surface area contributed by atoms with Gasteiger partial charge in [-0.1, -0.05) is 18.1 Å². The van der Waals surface area contributed by atoms with Crippen molar-refractivity contribution >= 4 is 28.1 Å². The van der Waals surface area contributed by atoms with Crippen molar-refractivity contribution in [2.75, 3.05) is 12.4 Å². The van der Waals surface area contributed by atoms with E-state index in [4.69, 9.17) is 10.8 Å². The second-order valence-corrected chi connectivity index (χ2v) is 8.15. The number of nitrogens with one attached hydrogen (secondary N) is 2. The third-order valence-electron chi connectivity index (χ3n) is 5.64. The molecule has 1 aromatic carbocycles. The Hall–Kier alpha value is -4.11. The second-order valence-electron chi connectivity index (χ2n) is 8.15. The molecular weight excluding hydrogens is 426 g/mol. The van der Waals surface area contributed by atoms with E-state index in [1.807, 2.05) is 58.0 Å². The molecule has 0 radical (unpaired) electrons. The quantitative estimate of drug-likeness (QED) is 0.392. The Balaban J connectivity index is 2.20. The van der Waals surface area contributed by atoms with Gasteiger partial charge < -0.3 is 15.1 Å². The van der Waals surface area contributed by atoms with Crippen molar-refractivity contribution in [3.05, 3.63) is 86.6 Å². The maximum absolute atomic E-state index is 13.3. The number of nitrogens with zero attached hydrogens (tertiary/aromatic N) is 1. The number of hydrogen-bond donors (Lipinski definition) is 2. The highest BCUT2D eigenvalue weighted by molar-refractivity contribution is 5.97. The van der Waals surface area contributed by atoms with E-state index in [2.05, 4.69) is 21.5 Å². The summed E-state index contributed by atoms with van der Waals surface area (Å²) in [5.41, 5.74) is 5.01. The third kappa shape index (κ3) is 4.79. The highest BCUT2D eigenvalue weighted by Crippen LogP contribution is 2.31. The SMILES string of the molecule is C#C/C=C\C(=C/C)c1oc2c(C(C)Nc3ccc(C)nc3C(=O)NC)cc(C)cc2c(=O)c1C. The lowest BCUT2D eigenvalue weighted by atomic mass is 9.98. The molecule has 0 aliphatic heterocycles. The normalized spacial score (nSPS) is 12.6. The van der Waals surface area contributed by atoms with Gasteiger partial charge in [0.05, 0.1) is 17.1 Å². The number of terminal acetylenes is 1. The van der Waals surface area contributed by atoms with E-state index in [1.165, 1.54) is 0 Å². The molecule has 6 nitrogen and oxygen atoms in total. The van der Waals surface area contributed by atoms with E-state index in [1.54, 1.807) is 26.1 Å². The number of allylic oxidation sites excluding steroid dienone is 4. The fourth-order valence-electron chi connectivity index (χ4n) is 3.88. The average molecular weight is 456 g/mol. The standard InChI is InChI=1S/C28H29N3O3/c1-8-10-11-20(9-2)26-18(5)25(32)22-15-16(3)14-21(27(22)34-26)19(6)31-23-13-12-17(4)30-24(23)28(33)29-7/h1,9-15,19,31H,2-7H3,(H,29,33)/b11-10-,20-9+. The molecular formula is C28H29N3O3. The van der Waals surface area contributed by atoms with Crippen molar-refractivity contribution in [2.45, 2.75) is 40.7 Å². The van der Waals surface area contributed by atoms with Crippen LogP contribution in [0.1, 0.15) is 58.5 Å². The van der Waals surface area contributed by atoms with Crippen molar-refractivity contribution in [1.29, 1.82) is 0 Å². The summed E-state index contributed by atoms with van der Waals surface area (Å²) in [6.45, 7) is 9.35. The molecule has 1 atom stereocenters. The molecule has 0 saturated carbocycles. The largest absolute Gasteiger partial charge is 0.455 e. The molecule has 174 valence electrons. The van der Waals surface area contributed by atoms with Crippen LogP contribution in [-0.2, 0) is 0 Å². The topological polar surface area (TPSA) is 84.2 Å². The summed E-state index contributed by atoms with van der Waals surface area (Å²) in [6, 6.07) is 7.20. The molecule has 3 rings (SSSR count). The molecule has 3 aromatic rings. The van der Waals surface area contributed by atoms with Gasteiger partial charge in [-0.25, -0.2) is 4.98 Å². The lowest BCUT2D eigenvalue weighted by Crippen LogP contribution is -2.22. The van der Waals surface area contributed by atoms with Crippen molar-refractivity contribution in [3.8, 4) is 12.3 Å². The Labute approximate surface area is 199 Å². The van der Waals surface area contributed by atoms with Crippen LogP contribution in [-0.4, -0.2) is 17.9 Å². The van der Waals surface area contributed by atoms with E-state index >= 15 is 0 Å². The summed E-state index contributed by atoms with van der Waals surface area (Å²) in [7, 11) is 1.57. The van der Waals surface area contributed by atoms with Crippen LogP contribution < -0.4 is 16.1 Å². The number of aromatic nitrogens is 1. The Kier molecular flexibility index (Phi) is 7.37. The van der Waals surface area contributed by atoms with Gasteiger partial charge in [0.2, 0.25) is 0 Å². The number of pyridine rings is 1. The van der Waals surface area contributed by atoms with Crippen LogP contribution in [0.25, 0.3) is 16.5 Å². The number of carbonyl (C=O) groups is 1. The number of fused-ring (bicyclic) bond motifs is 1. The number of benzene rings is 1. The first-order valence-electron chi connectivity index (χ1n) is 11.0. The average Bonchev–Trinajstić information content (AvgIpc) is 2.82. The van der Waals surface area contributed by atoms with Gasteiger partial charge in [-0.2, -0.15) is 0 Å². The highest BCUT2D eigenvalue weighted by Gasteiger charge is 2.21. The molecule has 0 saturated heterocycles. The van der Waals surface area contributed by atoms with Crippen LogP contribution >= 0.6 is 0 Å². The molecule has 34 heavy (non-hydrogen) atoms. The van der Waals surface area contributed by atoms with Gasteiger partial charge in [-0.05, 0) is 70.5 Å². The Morgan fingerprint density at radius 2 is 1.97 bits per heavy atom. The zero-order chi connectivity index (χ0) is 25.0. The molecule has 2 N–H and O–H groups in total. The number of anilines is 1. The van der Waals surface area contributed by atoms with Crippen LogP contribution in [0.2, 0.25) is 0 Å². The summed E-state index contributed by atoms with van der Waals surface area (Å²) < 4.78 is 6.36. The van der Waals surface area contributed by atoms with Crippen LogP contribution in [0.5, 0.6) is 0 Å². The zero-order valence-corrected chi connectivity index (χ0v) is 20.4. The predicted octanol–water partition coefficient (Wildman–Crippen LogP) is 5.24. The van der Waals surface area contributed by atoms with E-state index in [9.17, 15) is 9.59 Å². The Bertz CT molecular complexity index is 1420. The number of aryl methyl sites for hydroxylation is 2. The van der Waals surface area contributed by atoms with Crippen molar-refractivity contribution in [2.24, 2.45) is 0 Å². The Morgan fingerprint density at radius 1 is 1.24 bits per heavy atom. The monoisotopic (exact) mass is 455 g/mol. The Morgan fingerprint density at radius 3 is 2.62 bits per heavy atom. The lowest BCUT2D eigenvalue weighted by molar-refractivity contribution is 0.0959. The van der Waals surface area contributed by atoms with E-state index in [0.29, 0.717) is 33.7 Å². The van der Waals surface area contributed by atoms with Crippen LogP contribution in [0.4, 0.5) is 5.69 Å². The van der Waals surface area contributed by atoms with Gasteiger partial charge in [0.15, 0.2) is 11.1 Å². The molecule has 2 heterocycles. The molecule has 1 amide bonds. The number of carbonyl (C=O) groups excluding carboxylic acids is 1. The van der Waals surface area contributed by atoms with E-state index < -0.39 is 0 Å².